The Morgan fingerprint density at radius 1 is 1.25 bits per heavy atom. The van der Waals surface area contributed by atoms with Crippen LogP contribution >= 0.6 is 15.9 Å². The number of nitrogens with one attached hydrogen (secondary N) is 1. The van der Waals surface area contributed by atoms with Crippen LogP contribution in [0.5, 0.6) is 0 Å². The maximum absolute atomic E-state index is 12.1. The van der Waals surface area contributed by atoms with E-state index in [1.165, 1.54) is 0 Å². The minimum absolute atomic E-state index is 0.161. The summed E-state index contributed by atoms with van der Waals surface area (Å²) >= 11 is 3.35. The number of rotatable bonds is 2. The molecular weight excluding hydrogens is 320 g/mol. The van der Waals surface area contributed by atoms with Crippen molar-refractivity contribution < 1.29 is 9.21 Å². The van der Waals surface area contributed by atoms with Crippen molar-refractivity contribution in [3.63, 3.8) is 0 Å². The van der Waals surface area contributed by atoms with Gasteiger partial charge in [0.25, 0.3) is 5.91 Å². The van der Waals surface area contributed by atoms with E-state index in [4.69, 9.17) is 4.42 Å². The van der Waals surface area contributed by atoms with Gasteiger partial charge >= 0.3 is 0 Å². The Balaban J connectivity index is 1.87. The lowest BCUT2D eigenvalue weighted by atomic mass is 10.2. The van der Waals surface area contributed by atoms with Crippen molar-refractivity contribution in [2.75, 3.05) is 5.32 Å². The fourth-order valence-corrected chi connectivity index (χ4v) is 2.35. The quantitative estimate of drug-likeness (QED) is 0.767. The lowest BCUT2D eigenvalue weighted by molar-refractivity contribution is 0.102. The number of aryl methyl sites for hydroxylation is 1. The Morgan fingerprint density at radius 3 is 2.90 bits per heavy atom. The van der Waals surface area contributed by atoms with Crippen molar-refractivity contribution in [1.82, 2.24) is 4.98 Å². The van der Waals surface area contributed by atoms with E-state index >= 15 is 0 Å². The minimum Gasteiger partial charge on any atom is -0.441 e. The van der Waals surface area contributed by atoms with Crippen molar-refractivity contribution in [2.24, 2.45) is 0 Å². The molecule has 2 aromatic carbocycles. The van der Waals surface area contributed by atoms with Gasteiger partial charge in [-0.1, -0.05) is 22.0 Å². The van der Waals surface area contributed by atoms with Crippen molar-refractivity contribution in [3.8, 4) is 0 Å². The predicted octanol–water partition coefficient (Wildman–Crippen LogP) is 4.15. The van der Waals surface area contributed by atoms with Gasteiger partial charge in [0.2, 0.25) is 0 Å². The van der Waals surface area contributed by atoms with Gasteiger partial charge in [0.15, 0.2) is 11.5 Å². The number of hydrogen-bond acceptors (Lipinski definition) is 3. The zero-order valence-electron chi connectivity index (χ0n) is 10.7. The number of aromatic nitrogens is 1. The minimum atomic E-state index is -0.161. The van der Waals surface area contributed by atoms with Crippen molar-refractivity contribution in [2.45, 2.75) is 6.92 Å². The van der Waals surface area contributed by atoms with Crippen LogP contribution in [0.4, 0.5) is 5.69 Å². The highest BCUT2D eigenvalue weighted by Crippen LogP contribution is 2.20. The van der Waals surface area contributed by atoms with Crippen LogP contribution in [0, 0.1) is 6.92 Å². The first-order valence-electron chi connectivity index (χ1n) is 6.06. The maximum atomic E-state index is 12.1. The second-order valence-electron chi connectivity index (χ2n) is 4.38. The number of halogens is 1. The summed E-state index contributed by atoms with van der Waals surface area (Å²) in [6.45, 7) is 1.79. The average molecular weight is 331 g/mol. The summed E-state index contributed by atoms with van der Waals surface area (Å²) in [7, 11) is 0. The zero-order valence-corrected chi connectivity index (χ0v) is 12.3. The summed E-state index contributed by atoms with van der Waals surface area (Å²) in [6.07, 6.45) is 0. The second-order valence-corrected chi connectivity index (χ2v) is 5.30. The van der Waals surface area contributed by atoms with E-state index in [1.807, 2.05) is 12.1 Å². The Morgan fingerprint density at radius 2 is 2.10 bits per heavy atom. The molecule has 1 aromatic heterocycles. The molecule has 1 amide bonds. The lowest BCUT2D eigenvalue weighted by Gasteiger charge is -2.05. The Labute approximate surface area is 123 Å². The molecule has 0 aliphatic rings. The lowest BCUT2D eigenvalue weighted by Crippen LogP contribution is -2.11. The van der Waals surface area contributed by atoms with Gasteiger partial charge in [0, 0.05) is 22.6 Å². The van der Waals surface area contributed by atoms with Crippen LogP contribution < -0.4 is 5.32 Å². The molecule has 0 fully saturated rings. The highest BCUT2D eigenvalue weighted by Gasteiger charge is 2.08. The third-order valence-electron chi connectivity index (χ3n) is 2.84. The number of nitrogens with zero attached hydrogens (tertiary/aromatic N) is 1. The molecule has 100 valence electrons. The van der Waals surface area contributed by atoms with Gasteiger partial charge in [-0.15, -0.1) is 0 Å². The van der Waals surface area contributed by atoms with Gasteiger partial charge in [-0.05, 0) is 36.4 Å². The molecule has 0 unspecified atom stereocenters. The van der Waals surface area contributed by atoms with Crippen LogP contribution in [0.15, 0.2) is 51.4 Å². The summed E-state index contributed by atoms with van der Waals surface area (Å²) in [5.74, 6) is 0.446. The van der Waals surface area contributed by atoms with Crippen molar-refractivity contribution in [1.29, 1.82) is 0 Å². The molecule has 1 N–H and O–H groups in total. The molecule has 1 heterocycles. The molecule has 0 spiro atoms. The molecule has 5 heteroatoms. The average Bonchev–Trinajstić information content (AvgIpc) is 2.78. The van der Waals surface area contributed by atoms with E-state index in [2.05, 4.69) is 26.2 Å². The standard InChI is InChI=1S/C15H11BrN2O2/c1-9-17-13-8-12(5-6-14(13)20-9)18-15(19)10-3-2-4-11(16)7-10/h2-8H,1H3,(H,18,19). The van der Waals surface area contributed by atoms with Gasteiger partial charge in [-0.2, -0.15) is 0 Å². The van der Waals surface area contributed by atoms with Gasteiger partial charge in [-0.3, -0.25) is 4.79 Å². The normalized spacial score (nSPS) is 10.7. The van der Waals surface area contributed by atoms with Crippen LogP contribution in [0.25, 0.3) is 11.1 Å². The second kappa shape index (κ2) is 5.09. The fraction of sp³-hybridized carbons (Fsp3) is 0.0667. The highest BCUT2D eigenvalue weighted by molar-refractivity contribution is 9.10. The first-order valence-corrected chi connectivity index (χ1v) is 6.85. The molecule has 0 radical (unpaired) electrons. The summed E-state index contributed by atoms with van der Waals surface area (Å²) in [5, 5.41) is 2.85. The van der Waals surface area contributed by atoms with E-state index in [-0.39, 0.29) is 5.91 Å². The van der Waals surface area contributed by atoms with Crippen LogP contribution in [-0.4, -0.2) is 10.9 Å². The Hall–Kier alpha value is -2.14. The molecule has 0 atom stereocenters. The number of benzene rings is 2. The zero-order chi connectivity index (χ0) is 14.1. The highest BCUT2D eigenvalue weighted by atomic mass is 79.9. The van der Waals surface area contributed by atoms with Crippen molar-refractivity contribution >= 4 is 38.6 Å². The SMILES string of the molecule is Cc1nc2cc(NC(=O)c3cccc(Br)c3)ccc2o1. The summed E-state index contributed by atoms with van der Waals surface area (Å²) in [5.41, 5.74) is 2.73. The summed E-state index contributed by atoms with van der Waals surface area (Å²) < 4.78 is 6.27. The van der Waals surface area contributed by atoms with Gasteiger partial charge in [0.05, 0.1) is 0 Å². The number of amides is 1. The first kappa shape index (κ1) is 12.9. The van der Waals surface area contributed by atoms with Crippen LogP contribution in [-0.2, 0) is 0 Å². The van der Waals surface area contributed by atoms with Gasteiger partial charge in [-0.25, -0.2) is 4.98 Å². The molecule has 4 nitrogen and oxygen atoms in total. The number of anilines is 1. The van der Waals surface area contributed by atoms with Crippen molar-refractivity contribution in [3.05, 3.63) is 58.4 Å². The van der Waals surface area contributed by atoms with Gasteiger partial charge in [0.1, 0.15) is 5.52 Å². The third kappa shape index (κ3) is 2.58. The third-order valence-corrected chi connectivity index (χ3v) is 3.33. The summed E-state index contributed by atoms with van der Waals surface area (Å²) in [4.78, 5) is 16.4. The molecule has 0 aliphatic heterocycles. The fourth-order valence-electron chi connectivity index (χ4n) is 1.95. The molecule has 0 bridgehead atoms. The number of oxazole rings is 1. The van der Waals surface area contributed by atoms with E-state index in [0.29, 0.717) is 22.7 Å². The van der Waals surface area contributed by atoms with Crippen LogP contribution in [0.3, 0.4) is 0 Å². The Bertz CT molecular complexity index is 795. The van der Waals surface area contributed by atoms with Crippen LogP contribution in [0.2, 0.25) is 0 Å². The topological polar surface area (TPSA) is 55.1 Å². The van der Waals surface area contributed by atoms with Gasteiger partial charge < -0.3 is 9.73 Å². The predicted molar refractivity (Wildman–Crippen MR) is 80.8 cm³/mol. The molecule has 3 rings (SSSR count). The number of carbonyl (C=O) groups excluding carboxylic acids is 1. The summed E-state index contributed by atoms with van der Waals surface area (Å²) in [6, 6.07) is 12.6. The monoisotopic (exact) mass is 330 g/mol. The molecule has 0 aliphatic carbocycles. The Kier molecular flexibility index (Phi) is 3.28. The molecular formula is C15H11BrN2O2. The number of hydrogen-bond donors (Lipinski definition) is 1. The van der Waals surface area contributed by atoms with Crippen LogP contribution in [0.1, 0.15) is 16.2 Å². The van der Waals surface area contributed by atoms with E-state index < -0.39 is 0 Å². The van der Waals surface area contributed by atoms with E-state index in [9.17, 15) is 4.79 Å². The molecule has 0 saturated carbocycles. The maximum Gasteiger partial charge on any atom is 0.255 e. The van der Waals surface area contributed by atoms with E-state index in [0.717, 1.165) is 9.99 Å². The smallest absolute Gasteiger partial charge is 0.255 e. The van der Waals surface area contributed by atoms with E-state index in [1.54, 1.807) is 37.3 Å². The first-order chi connectivity index (χ1) is 9.61. The number of fused-ring (bicyclic) bond motifs is 1. The molecule has 0 saturated heterocycles. The molecule has 20 heavy (non-hydrogen) atoms. The number of carbonyl (C=O) groups is 1. The largest absolute Gasteiger partial charge is 0.441 e. The molecule has 3 aromatic rings.